The van der Waals surface area contributed by atoms with Gasteiger partial charge in [0.2, 0.25) is 5.91 Å². The van der Waals surface area contributed by atoms with Crippen LogP contribution in [0.3, 0.4) is 0 Å². The SMILES string of the molecule is CC[C@H]1OC(=O)[C@H](C)[C@@H](O[C@H]2C[C@@](C)(OC)[C@@H](O)[C@H](C)O2)[C@H](C)[C@@H](O[C@@H]2O[C@H](C)C[C@H](N(C)C)[C@H]2O)[C@](C)(O)C[C@@H](C)CN(CCCNC(=O)CCc2nc3c(o2)-c2ccccc2Sc2ccccc2-3)[C@H](C)[C@@H](O)[C@]1(C)O. The first-order chi connectivity index (χ1) is 36.3. The maximum atomic E-state index is 14.7. The van der Waals surface area contributed by atoms with Crippen molar-refractivity contribution in [2.24, 2.45) is 17.8 Å². The molecule has 3 aromatic rings. The fourth-order valence-electron chi connectivity index (χ4n) is 12.2. The predicted octanol–water partition coefficient (Wildman–Crippen LogP) is 6.20. The number of hydrogen-bond donors (Lipinski definition) is 6. The number of oxazole rings is 1. The van der Waals surface area contributed by atoms with Crippen molar-refractivity contribution in [2.75, 3.05) is 40.8 Å². The number of amides is 1. The van der Waals surface area contributed by atoms with Crippen LogP contribution in [0, 0.1) is 17.8 Å². The highest BCUT2D eigenvalue weighted by Crippen LogP contribution is 2.48. The number of hydrogen-bond acceptors (Lipinski definition) is 18. The van der Waals surface area contributed by atoms with Crippen LogP contribution in [-0.4, -0.2) is 183 Å². The molecule has 0 saturated carbocycles. The molecule has 77 heavy (non-hydrogen) atoms. The average molecular weight is 1100 g/mol. The molecular weight excluding hydrogens is 1010 g/mol. The molecule has 19 heteroatoms. The van der Waals surface area contributed by atoms with E-state index in [2.05, 4.69) is 17.4 Å². The van der Waals surface area contributed by atoms with Crippen LogP contribution in [0.15, 0.2) is 62.7 Å². The first-order valence-electron chi connectivity index (χ1n) is 27.7. The molecular formula is C58H88N4O14S. The minimum absolute atomic E-state index is 0.0936. The van der Waals surface area contributed by atoms with E-state index in [1.54, 1.807) is 46.4 Å². The lowest BCUT2D eigenvalue weighted by Gasteiger charge is -2.48. The van der Waals surface area contributed by atoms with E-state index >= 15 is 0 Å². The van der Waals surface area contributed by atoms with Crippen LogP contribution in [0.25, 0.3) is 22.6 Å². The molecule has 6 N–H and O–H groups in total. The smallest absolute Gasteiger partial charge is 0.311 e. The molecule has 4 aliphatic heterocycles. The Kier molecular flexibility index (Phi) is 20.2. The number of nitrogens with one attached hydrogen (secondary N) is 1. The molecule has 5 heterocycles. The summed E-state index contributed by atoms with van der Waals surface area (Å²) < 4.78 is 44.6. The summed E-state index contributed by atoms with van der Waals surface area (Å²) in [5.41, 5.74) is -2.00. The summed E-state index contributed by atoms with van der Waals surface area (Å²) in [4.78, 5) is 39.1. The van der Waals surface area contributed by atoms with Crippen LogP contribution < -0.4 is 5.32 Å². The summed E-state index contributed by atoms with van der Waals surface area (Å²) in [6.07, 6.45) is -8.27. The Balaban J connectivity index is 1.12. The zero-order valence-corrected chi connectivity index (χ0v) is 48.3. The first kappa shape index (κ1) is 61.1. The molecule has 1 amide bonds. The highest BCUT2D eigenvalue weighted by molar-refractivity contribution is 7.99. The van der Waals surface area contributed by atoms with E-state index in [1.165, 1.54) is 14.0 Å². The number of aryl methyl sites for hydroxylation is 1. The highest BCUT2D eigenvalue weighted by Gasteiger charge is 2.53. The number of likely N-dealkylation sites (N-methyl/N-ethyl adjacent to an activating group) is 1. The lowest BCUT2D eigenvalue weighted by atomic mass is 9.77. The fourth-order valence-corrected chi connectivity index (χ4v) is 13.2. The maximum Gasteiger partial charge on any atom is 0.311 e. The van der Waals surface area contributed by atoms with Gasteiger partial charge in [-0.05, 0) is 106 Å². The predicted molar refractivity (Wildman–Crippen MR) is 291 cm³/mol. The van der Waals surface area contributed by atoms with Gasteiger partial charge in [-0.1, -0.05) is 68.9 Å². The molecule has 0 bridgehead atoms. The van der Waals surface area contributed by atoms with E-state index < -0.39 is 96.0 Å². The molecule has 1 aromatic heterocycles. The zero-order chi connectivity index (χ0) is 56.3. The fraction of sp³-hybridized carbons (Fsp3) is 0.707. The number of fused-ring (bicyclic) bond motifs is 5. The number of esters is 1. The number of carbonyl (C=O) groups is 2. The van der Waals surface area contributed by atoms with E-state index in [0.29, 0.717) is 50.5 Å². The summed E-state index contributed by atoms with van der Waals surface area (Å²) in [5.74, 6) is -1.95. The third kappa shape index (κ3) is 13.8. The Labute approximate surface area is 459 Å². The van der Waals surface area contributed by atoms with E-state index in [1.807, 2.05) is 88.0 Å². The van der Waals surface area contributed by atoms with Gasteiger partial charge in [0.15, 0.2) is 24.2 Å². The van der Waals surface area contributed by atoms with Gasteiger partial charge in [0.1, 0.15) is 35.7 Å². The average Bonchev–Trinajstić information content (AvgIpc) is 3.77. The largest absolute Gasteiger partial charge is 0.459 e. The second-order valence-corrected chi connectivity index (χ2v) is 24.4. The summed E-state index contributed by atoms with van der Waals surface area (Å²) in [6.45, 7) is 18.6. The molecule has 2 aromatic carbocycles. The van der Waals surface area contributed by atoms with Crippen molar-refractivity contribution in [3.8, 4) is 22.6 Å². The zero-order valence-electron chi connectivity index (χ0n) is 47.5. The van der Waals surface area contributed by atoms with Crippen LogP contribution in [-0.2, 0) is 44.4 Å². The molecule has 430 valence electrons. The van der Waals surface area contributed by atoms with Crippen LogP contribution >= 0.6 is 11.8 Å². The van der Waals surface area contributed by atoms with Crippen molar-refractivity contribution in [2.45, 2.75) is 214 Å². The van der Waals surface area contributed by atoms with E-state index in [4.69, 9.17) is 37.8 Å². The molecule has 18 nitrogen and oxygen atoms in total. The summed E-state index contributed by atoms with van der Waals surface area (Å²) in [5, 5.41) is 63.5. The lowest BCUT2D eigenvalue weighted by Crippen LogP contribution is -2.60. The quantitative estimate of drug-likeness (QED) is 0.0610. The van der Waals surface area contributed by atoms with Gasteiger partial charge in [0.05, 0.1) is 41.5 Å². The Morgan fingerprint density at radius 2 is 1.58 bits per heavy atom. The molecule has 18 atom stereocenters. The van der Waals surface area contributed by atoms with Crippen molar-refractivity contribution in [3.05, 3.63) is 54.4 Å². The number of nitrogens with zero attached hydrogens (tertiary/aromatic N) is 3. The van der Waals surface area contributed by atoms with Crippen molar-refractivity contribution in [1.29, 1.82) is 0 Å². The second-order valence-electron chi connectivity index (χ2n) is 23.3. The van der Waals surface area contributed by atoms with Crippen LogP contribution in [0.4, 0.5) is 0 Å². The second kappa shape index (κ2) is 25.5. The van der Waals surface area contributed by atoms with Crippen molar-refractivity contribution < 1.29 is 68.0 Å². The van der Waals surface area contributed by atoms with Gasteiger partial charge in [-0.2, -0.15) is 0 Å². The van der Waals surface area contributed by atoms with Crippen LogP contribution in [0.1, 0.15) is 114 Å². The summed E-state index contributed by atoms with van der Waals surface area (Å²) >= 11 is 1.67. The third-order valence-corrected chi connectivity index (χ3v) is 17.9. The molecule has 0 radical (unpaired) electrons. The van der Waals surface area contributed by atoms with Crippen molar-refractivity contribution in [1.82, 2.24) is 20.1 Å². The van der Waals surface area contributed by atoms with Gasteiger partial charge < -0.3 is 68.6 Å². The Hall–Kier alpha value is -3.54. The van der Waals surface area contributed by atoms with Crippen LogP contribution in [0.5, 0.6) is 0 Å². The number of methoxy groups -OCH3 is 1. The Bertz CT molecular complexity index is 2380. The summed E-state index contributed by atoms with van der Waals surface area (Å²) in [6, 6.07) is 15.1. The first-order valence-corrected chi connectivity index (χ1v) is 28.5. The molecule has 3 saturated heterocycles. The van der Waals surface area contributed by atoms with E-state index in [-0.39, 0.29) is 49.7 Å². The van der Waals surface area contributed by atoms with Gasteiger partial charge in [-0.15, -0.1) is 0 Å². The third-order valence-electron chi connectivity index (χ3n) is 16.7. The summed E-state index contributed by atoms with van der Waals surface area (Å²) in [7, 11) is 5.26. The normalized spacial score (nSPS) is 37.6. The van der Waals surface area contributed by atoms with Gasteiger partial charge in [0.25, 0.3) is 0 Å². The molecule has 0 aliphatic carbocycles. The number of aromatic nitrogens is 1. The van der Waals surface area contributed by atoms with E-state index in [9.17, 15) is 35.1 Å². The van der Waals surface area contributed by atoms with Gasteiger partial charge in [-0.3, -0.25) is 14.5 Å². The minimum atomic E-state index is -1.94. The topological polar surface area (TPSA) is 235 Å². The molecule has 0 spiro atoms. The molecule has 7 rings (SSSR count). The maximum absolute atomic E-state index is 14.7. The van der Waals surface area contributed by atoms with Gasteiger partial charge in [-0.25, -0.2) is 4.98 Å². The van der Waals surface area contributed by atoms with Gasteiger partial charge in [0, 0.05) is 84.9 Å². The minimum Gasteiger partial charge on any atom is -0.459 e. The van der Waals surface area contributed by atoms with Crippen LogP contribution in [0.2, 0.25) is 0 Å². The highest BCUT2D eigenvalue weighted by atomic mass is 32.2. The van der Waals surface area contributed by atoms with Crippen molar-refractivity contribution in [3.63, 3.8) is 0 Å². The Morgan fingerprint density at radius 3 is 2.25 bits per heavy atom. The van der Waals surface area contributed by atoms with Crippen molar-refractivity contribution >= 4 is 23.6 Å². The van der Waals surface area contributed by atoms with E-state index in [0.717, 1.165) is 26.6 Å². The standard InChI is InChI=1S/C58H88N4O14S/c1-14-43-58(10,69)51(65)36(6)62(27-19-26-59-44(63)24-25-45-60-47-38-20-15-17-22-41(38)77-42-23-18-16-21-39(42)50(47)74-45)31-32(2)29-56(8,68)53(76-55-48(64)40(61(11)12)28-33(3)71-55)34(4)49(35(5)54(67)73-43)75-46-30-57(9,70-13)52(66)37(7)72-46/h15-18,20-23,32-37,40,43,46,48-49,51-53,55,64-66,68-69H,14,19,24-31H2,1-13H3,(H,59,63)/t32-,33-,34+,35-,36-,37+,40+,43-,46+,48-,49+,51-,52+,53-,55+,56-,57-,58-/m1/s1. The van der Waals surface area contributed by atoms with Gasteiger partial charge >= 0.3 is 5.97 Å². The number of rotatable bonds is 14. The number of benzene rings is 2. The molecule has 0 unspecified atom stereocenters. The molecule has 4 aliphatic rings. The number of ether oxygens (including phenoxy) is 6. The lowest BCUT2D eigenvalue weighted by molar-refractivity contribution is -0.318. The number of cyclic esters (lactones) is 1. The number of aliphatic hydroxyl groups is 5. The monoisotopic (exact) mass is 1100 g/mol. The number of aliphatic hydroxyl groups excluding tert-OH is 3. The Morgan fingerprint density at radius 1 is 0.922 bits per heavy atom. The number of carbonyl (C=O) groups excluding carboxylic acids is 2. The molecule has 3 fully saturated rings.